The van der Waals surface area contributed by atoms with E-state index in [2.05, 4.69) is 12.0 Å². The molecule has 9 heteroatoms. The minimum Gasteiger partial charge on any atom is -0.504 e. The number of imide groups is 1. The molecule has 210 valence electrons. The number of benzene rings is 3. The molecule has 0 aromatic heterocycles. The van der Waals surface area contributed by atoms with Gasteiger partial charge >= 0.3 is 0 Å². The number of methoxy groups -OCH3 is 2. The van der Waals surface area contributed by atoms with E-state index in [0.717, 1.165) is 16.1 Å². The van der Waals surface area contributed by atoms with Gasteiger partial charge in [-0.3, -0.25) is 15.0 Å². The van der Waals surface area contributed by atoms with Crippen LogP contribution in [0.2, 0.25) is 10.0 Å². The first-order chi connectivity index (χ1) is 19.7. The quantitative estimate of drug-likeness (QED) is 0.280. The molecule has 1 aliphatic heterocycles. The molecule has 3 aromatic rings. The second-order valence-electron chi connectivity index (χ2n) is 9.78. The van der Waals surface area contributed by atoms with Crippen LogP contribution in [0.4, 0.5) is 5.69 Å². The second kappa shape index (κ2) is 11.4. The van der Waals surface area contributed by atoms with Crippen LogP contribution in [-0.4, -0.2) is 36.1 Å². The molecule has 0 bridgehead atoms. The molecule has 2 amide bonds. The van der Waals surface area contributed by atoms with E-state index in [1.807, 2.05) is 30.4 Å². The first-order valence-corrected chi connectivity index (χ1v) is 13.6. The summed E-state index contributed by atoms with van der Waals surface area (Å²) in [5, 5.41) is 11.8. The minimum absolute atomic E-state index is 0.0166. The lowest BCUT2D eigenvalue weighted by Crippen LogP contribution is -2.49. The number of anilines is 1. The van der Waals surface area contributed by atoms with Gasteiger partial charge in [0.15, 0.2) is 11.5 Å². The third-order valence-electron chi connectivity index (χ3n) is 7.72. The zero-order valence-corrected chi connectivity index (χ0v) is 23.9. The number of fused-ring (bicyclic) bond motifs is 1. The molecule has 0 radical (unpaired) electrons. The number of phenols is 1. The minimum atomic E-state index is -1.30. The van der Waals surface area contributed by atoms with Gasteiger partial charge in [0, 0.05) is 10.9 Å². The van der Waals surface area contributed by atoms with Gasteiger partial charge < -0.3 is 14.6 Å². The van der Waals surface area contributed by atoms with Crippen LogP contribution in [0.1, 0.15) is 17.5 Å². The zero-order valence-electron chi connectivity index (χ0n) is 22.4. The topological polar surface area (TPSA) is 88.1 Å². The molecule has 5 rings (SSSR count). The fraction of sp³-hybridized carbons (Fsp3) is 0.188. The molecule has 1 saturated heterocycles. The lowest BCUT2D eigenvalue weighted by Gasteiger charge is -2.41. The summed E-state index contributed by atoms with van der Waals surface area (Å²) in [5.74, 6) is -1.11. The average Bonchev–Trinajstić information content (AvgIpc) is 3.20. The molecule has 1 heterocycles. The van der Waals surface area contributed by atoms with Gasteiger partial charge in [0.2, 0.25) is 0 Å². The average molecular weight is 591 g/mol. The van der Waals surface area contributed by atoms with Crippen molar-refractivity contribution in [2.75, 3.05) is 19.6 Å². The summed E-state index contributed by atoms with van der Waals surface area (Å²) < 4.78 is 10.6. The predicted octanol–water partition coefficient (Wildman–Crippen LogP) is 6.81. The van der Waals surface area contributed by atoms with Gasteiger partial charge in [0.1, 0.15) is 5.75 Å². The molecular formula is C32H28Cl2N2O5. The summed E-state index contributed by atoms with van der Waals surface area (Å²) in [6, 6.07) is 17.0. The van der Waals surface area contributed by atoms with Gasteiger partial charge in [-0.05, 0) is 65.6 Å². The Kier molecular flexibility index (Phi) is 7.84. The number of phenolic OH excluding ortho intramolecular Hbond substituents is 1. The number of nitrogens with one attached hydrogen (secondary N) is 1. The Bertz CT molecular complexity index is 1580. The van der Waals surface area contributed by atoms with Crippen molar-refractivity contribution in [3.63, 3.8) is 0 Å². The molecule has 7 nitrogen and oxygen atoms in total. The highest BCUT2D eigenvalue weighted by Gasteiger charge is 2.65. The normalized spacial score (nSPS) is 22.0. The van der Waals surface area contributed by atoms with Crippen molar-refractivity contribution in [2.24, 2.45) is 11.8 Å². The van der Waals surface area contributed by atoms with Gasteiger partial charge in [-0.25, -0.2) is 0 Å². The molecule has 0 spiro atoms. The van der Waals surface area contributed by atoms with E-state index >= 15 is 0 Å². The molecular weight excluding hydrogens is 563 g/mol. The molecule has 1 fully saturated rings. The summed E-state index contributed by atoms with van der Waals surface area (Å²) in [5.41, 5.74) is 4.26. The number of aromatic hydroxyl groups is 1. The molecule has 3 aromatic carbocycles. The lowest BCUT2D eigenvalue weighted by molar-refractivity contribution is -0.138. The number of carbonyl (C=O) groups excluding carboxylic acids is 2. The summed E-state index contributed by atoms with van der Waals surface area (Å²) >= 11 is 12.5. The Labute approximate surface area is 248 Å². The van der Waals surface area contributed by atoms with E-state index in [-0.39, 0.29) is 16.7 Å². The van der Waals surface area contributed by atoms with Crippen molar-refractivity contribution in [3.8, 4) is 17.2 Å². The SMILES string of the molecule is C=CC1=CC[C@H]2C(=O)N(Nc3ccc(Cl)cc3Cl)C(=O)[C@@]2(c2ccc(OC)cc2)[C@H]1C=Cc1ccc(O)c(OC)c1. The van der Waals surface area contributed by atoms with Gasteiger partial charge in [-0.15, -0.1) is 0 Å². The highest BCUT2D eigenvalue weighted by atomic mass is 35.5. The predicted molar refractivity (Wildman–Crippen MR) is 160 cm³/mol. The van der Waals surface area contributed by atoms with E-state index in [0.29, 0.717) is 34.2 Å². The van der Waals surface area contributed by atoms with E-state index < -0.39 is 23.2 Å². The van der Waals surface area contributed by atoms with Crippen LogP contribution in [0.3, 0.4) is 0 Å². The monoisotopic (exact) mass is 590 g/mol. The summed E-state index contributed by atoms with van der Waals surface area (Å²) in [6.45, 7) is 4.01. The van der Waals surface area contributed by atoms with Crippen LogP contribution >= 0.6 is 23.2 Å². The number of carbonyl (C=O) groups is 2. The Morgan fingerprint density at radius 2 is 1.80 bits per heavy atom. The fourth-order valence-corrected chi connectivity index (χ4v) is 6.17. The van der Waals surface area contributed by atoms with Crippen molar-refractivity contribution in [1.29, 1.82) is 0 Å². The Balaban J connectivity index is 1.66. The number of amides is 2. The number of rotatable bonds is 8. The highest BCUT2D eigenvalue weighted by molar-refractivity contribution is 6.36. The molecule has 41 heavy (non-hydrogen) atoms. The van der Waals surface area contributed by atoms with Gasteiger partial charge in [-0.2, -0.15) is 5.01 Å². The highest BCUT2D eigenvalue weighted by Crippen LogP contribution is 2.54. The first kappa shape index (κ1) is 28.3. The number of hydrogen-bond donors (Lipinski definition) is 2. The smallest absolute Gasteiger partial charge is 0.260 e. The Hall–Kier alpha value is -4.20. The number of allylic oxidation sites excluding steroid dienone is 4. The van der Waals surface area contributed by atoms with Crippen molar-refractivity contribution < 1.29 is 24.2 Å². The summed E-state index contributed by atoms with van der Waals surface area (Å²) in [7, 11) is 3.04. The maximum atomic E-state index is 14.6. The van der Waals surface area contributed by atoms with E-state index in [9.17, 15) is 14.7 Å². The maximum absolute atomic E-state index is 14.6. The number of halogens is 2. The zero-order chi connectivity index (χ0) is 29.3. The largest absolute Gasteiger partial charge is 0.504 e. The van der Waals surface area contributed by atoms with Crippen molar-refractivity contribution >= 4 is 46.8 Å². The van der Waals surface area contributed by atoms with Gasteiger partial charge in [-0.1, -0.05) is 72.3 Å². The molecule has 2 aliphatic rings. The maximum Gasteiger partial charge on any atom is 0.260 e. The number of hydrazine groups is 1. The number of ether oxygens (including phenoxy) is 2. The van der Waals surface area contributed by atoms with Crippen LogP contribution < -0.4 is 14.9 Å². The Morgan fingerprint density at radius 1 is 1.05 bits per heavy atom. The molecule has 1 aliphatic carbocycles. The standard InChI is InChI=1S/C32H28Cl2N2O5/c1-4-20-7-14-25-30(38)36(35-27-15-10-22(33)18-26(27)34)31(39)32(25,21-8-11-23(40-2)12-9-21)24(20)13-5-19-6-16-28(37)29(17-19)41-3/h4-13,15-18,24-25,35,37H,1,14H2,2-3H3/t24-,25-,32-/m0/s1. The van der Waals surface area contributed by atoms with Crippen molar-refractivity contribution in [2.45, 2.75) is 11.8 Å². The number of hydrogen-bond acceptors (Lipinski definition) is 6. The third kappa shape index (κ3) is 4.85. The molecule has 3 atom stereocenters. The molecule has 0 unspecified atom stereocenters. The first-order valence-electron chi connectivity index (χ1n) is 12.9. The van der Waals surface area contributed by atoms with E-state index in [4.69, 9.17) is 32.7 Å². The fourth-order valence-electron chi connectivity index (χ4n) is 5.72. The van der Waals surface area contributed by atoms with Crippen LogP contribution in [0.25, 0.3) is 6.08 Å². The van der Waals surface area contributed by atoms with Crippen molar-refractivity contribution in [3.05, 3.63) is 112 Å². The summed E-state index contributed by atoms with van der Waals surface area (Å²) in [4.78, 5) is 28.6. The van der Waals surface area contributed by atoms with E-state index in [1.54, 1.807) is 49.6 Å². The van der Waals surface area contributed by atoms with Gasteiger partial charge in [0.25, 0.3) is 11.8 Å². The number of nitrogens with zero attached hydrogens (tertiary/aromatic N) is 1. The van der Waals surface area contributed by atoms with Crippen LogP contribution in [0.15, 0.2) is 91.0 Å². The van der Waals surface area contributed by atoms with Crippen LogP contribution in [0, 0.1) is 11.8 Å². The molecule has 0 saturated carbocycles. The van der Waals surface area contributed by atoms with E-state index in [1.165, 1.54) is 19.2 Å². The van der Waals surface area contributed by atoms with Crippen LogP contribution in [0.5, 0.6) is 17.2 Å². The second-order valence-corrected chi connectivity index (χ2v) is 10.6. The summed E-state index contributed by atoms with van der Waals surface area (Å²) in [6.07, 6.45) is 7.76. The van der Waals surface area contributed by atoms with Crippen molar-refractivity contribution in [1.82, 2.24) is 5.01 Å². The third-order valence-corrected chi connectivity index (χ3v) is 8.26. The lowest BCUT2D eigenvalue weighted by atomic mass is 9.57. The molecule has 2 N–H and O–H groups in total. The van der Waals surface area contributed by atoms with Crippen LogP contribution in [-0.2, 0) is 15.0 Å². The Morgan fingerprint density at radius 3 is 2.46 bits per heavy atom. The van der Waals surface area contributed by atoms with Gasteiger partial charge in [0.05, 0.1) is 36.3 Å².